The number of halogens is 1. The standard InChI is InChI=1S/C15H22BrN3O/c1-10(2)7-8-17-15(20)14-9-13(18-19-14)11-3-5-12(16)6-4-11/h3-6,10,13-14,18-19H,7-9H2,1-2H3,(H,17,20). The summed E-state index contributed by atoms with van der Waals surface area (Å²) in [6, 6.07) is 8.21. The van der Waals surface area contributed by atoms with Crippen LogP contribution in [-0.4, -0.2) is 18.5 Å². The second kappa shape index (κ2) is 7.20. The van der Waals surface area contributed by atoms with Crippen LogP contribution in [0.15, 0.2) is 28.7 Å². The maximum absolute atomic E-state index is 12.0. The summed E-state index contributed by atoms with van der Waals surface area (Å²) < 4.78 is 1.06. The van der Waals surface area contributed by atoms with Gasteiger partial charge in [0.15, 0.2) is 0 Å². The average Bonchev–Trinajstić information content (AvgIpc) is 2.88. The Labute approximate surface area is 128 Å². The Kier molecular flexibility index (Phi) is 5.57. The van der Waals surface area contributed by atoms with Crippen molar-refractivity contribution < 1.29 is 4.79 Å². The van der Waals surface area contributed by atoms with E-state index in [0.29, 0.717) is 5.92 Å². The van der Waals surface area contributed by atoms with Gasteiger partial charge in [-0.3, -0.25) is 4.79 Å². The number of benzene rings is 1. The molecule has 0 aromatic heterocycles. The van der Waals surface area contributed by atoms with Crippen LogP contribution < -0.4 is 16.2 Å². The predicted molar refractivity (Wildman–Crippen MR) is 84.0 cm³/mol. The molecule has 1 fully saturated rings. The fourth-order valence-corrected chi connectivity index (χ4v) is 2.51. The van der Waals surface area contributed by atoms with Gasteiger partial charge >= 0.3 is 0 Å². The number of nitrogens with one attached hydrogen (secondary N) is 3. The molecule has 0 spiro atoms. The van der Waals surface area contributed by atoms with E-state index in [2.05, 4.69) is 58.1 Å². The zero-order valence-corrected chi connectivity index (χ0v) is 13.5. The molecule has 1 amide bonds. The van der Waals surface area contributed by atoms with E-state index < -0.39 is 0 Å². The average molecular weight is 340 g/mol. The van der Waals surface area contributed by atoms with Crippen LogP contribution in [0, 0.1) is 5.92 Å². The summed E-state index contributed by atoms with van der Waals surface area (Å²) in [5.41, 5.74) is 7.47. The molecular weight excluding hydrogens is 318 g/mol. The largest absolute Gasteiger partial charge is 0.355 e. The van der Waals surface area contributed by atoms with E-state index in [9.17, 15) is 4.79 Å². The number of carbonyl (C=O) groups is 1. The molecule has 5 heteroatoms. The number of amides is 1. The van der Waals surface area contributed by atoms with Crippen LogP contribution in [0.2, 0.25) is 0 Å². The third kappa shape index (κ3) is 4.30. The van der Waals surface area contributed by atoms with E-state index in [1.54, 1.807) is 0 Å². The molecule has 110 valence electrons. The minimum Gasteiger partial charge on any atom is -0.355 e. The van der Waals surface area contributed by atoms with Gasteiger partial charge in [-0.15, -0.1) is 0 Å². The topological polar surface area (TPSA) is 53.2 Å². The Bertz CT molecular complexity index is 447. The molecule has 2 atom stereocenters. The fraction of sp³-hybridized carbons (Fsp3) is 0.533. The van der Waals surface area contributed by atoms with Gasteiger partial charge in [0.05, 0.1) is 0 Å². The molecule has 0 bridgehead atoms. The number of rotatable bonds is 5. The van der Waals surface area contributed by atoms with E-state index >= 15 is 0 Å². The molecule has 1 aromatic rings. The molecule has 1 aliphatic heterocycles. The first kappa shape index (κ1) is 15.5. The van der Waals surface area contributed by atoms with Gasteiger partial charge in [0.1, 0.15) is 6.04 Å². The molecule has 1 aliphatic rings. The van der Waals surface area contributed by atoms with Gasteiger partial charge in [-0.05, 0) is 36.5 Å². The van der Waals surface area contributed by atoms with Crippen LogP contribution in [-0.2, 0) is 4.79 Å². The second-order valence-electron chi connectivity index (χ2n) is 5.65. The smallest absolute Gasteiger partial charge is 0.238 e. The predicted octanol–water partition coefficient (Wildman–Crippen LogP) is 2.52. The lowest BCUT2D eigenvalue weighted by Gasteiger charge is -2.11. The molecule has 1 aromatic carbocycles. The van der Waals surface area contributed by atoms with Crippen molar-refractivity contribution >= 4 is 21.8 Å². The number of carbonyl (C=O) groups excluding carboxylic acids is 1. The van der Waals surface area contributed by atoms with E-state index in [4.69, 9.17) is 0 Å². The number of hydrazine groups is 1. The molecule has 0 saturated carbocycles. The van der Waals surface area contributed by atoms with E-state index in [1.165, 1.54) is 5.56 Å². The highest BCUT2D eigenvalue weighted by Gasteiger charge is 2.29. The number of hydrogen-bond acceptors (Lipinski definition) is 3. The lowest BCUT2D eigenvalue weighted by atomic mass is 10.0. The van der Waals surface area contributed by atoms with Crippen molar-refractivity contribution in [2.75, 3.05) is 6.54 Å². The molecule has 3 N–H and O–H groups in total. The lowest BCUT2D eigenvalue weighted by Crippen LogP contribution is -2.43. The summed E-state index contributed by atoms with van der Waals surface area (Å²) >= 11 is 3.43. The highest BCUT2D eigenvalue weighted by molar-refractivity contribution is 9.10. The van der Waals surface area contributed by atoms with Crippen LogP contribution in [0.3, 0.4) is 0 Å². The van der Waals surface area contributed by atoms with Crippen LogP contribution in [0.4, 0.5) is 0 Å². The highest BCUT2D eigenvalue weighted by atomic mass is 79.9. The molecule has 20 heavy (non-hydrogen) atoms. The molecule has 2 unspecified atom stereocenters. The summed E-state index contributed by atoms with van der Waals surface area (Å²) in [4.78, 5) is 12.0. The summed E-state index contributed by atoms with van der Waals surface area (Å²) in [6.07, 6.45) is 1.79. The van der Waals surface area contributed by atoms with E-state index in [0.717, 1.165) is 23.9 Å². The molecule has 4 nitrogen and oxygen atoms in total. The fourth-order valence-electron chi connectivity index (χ4n) is 2.25. The van der Waals surface area contributed by atoms with Gasteiger partial charge in [0.25, 0.3) is 0 Å². The van der Waals surface area contributed by atoms with Crippen molar-refractivity contribution in [3.8, 4) is 0 Å². The minimum absolute atomic E-state index is 0.0813. The summed E-state index contributed by atoms with van der Waals surface area (Å²) in [5, 5.41) is 2.99. The summed E-state index contributed by atoms with van der Waals surface area (Å²) in [6.45, 7) is 5.06. The second-order valence-corrected chi connectivity index (χ2v) is 6.57. The van der Waals surface area contributed by atoms with Crippen molar-refractivity contribution in [2.45, 2.75) is 38.8 Å². The van der Waals surface area contributed by atoms with Crippen molar-refractivity contribution in [1.82, 2.24) is 16.2 Å². The first-order chi connectivity index (χ1) is 9.56. The molecule has 0 radical (unpaired) electrons. The van der Waals surface area contributed by atoms with Gasteiger partial charge in [0, 0.05) is 17.1 Å². The first-order valence-electron chi connectivity index (χ1n) is 7.10. The van der Waals surface area contributed by atoms with Gasteiger partial charge in [-0.25, -0.2) is 10.9 Å². The van der Waals surface area contributed by atoms with Crippen LogP contribution in [0.5, 0.6) is 0 Å². The maximum atomic E-state index is 12.0. The zero-order valence-electron chi connectivity index (χ0n) is 11.9. The Balaban J connectivity index is 1.82. The van der Waals surface area contributed by atoms with Gasteiger partial charge in [-0.2, -0.15) is 0 Å². The Morgan fingerprint density at radius 3 is 2.70 bits per heavy atom. The maximum Gasteiger partial charge on any atom is 0.238 e. The third-order valence-corrected chi connectivity index (χ3v) is 4.04. The van der Waals surface area contributed by atoms with Crippen molar-refractivity contribution in [2.24, 2.45) is 5.92 Å². The molecule has 0 aliphatic carbocycles. The Morgan fingerprint density at radius 2 is 2.05 bits per heavy atom. The third-order valence-electron chi connectivity index (χ3n) is 3.51. The normalized spacial score (nSPS) is 22.2. The van der Waals surface area contributed by atoms with Crippen LogP contribution >= 0.6 is 15.9 Å². The molecule has 1 saturated heterocycles. The Hall–Kier alpha value is -0.910. The van der Waals surface area contributed by atoms with Crippen molar-refractivity contribution in [3.63, 3.8) is 0 Å². The van der Waals surface area contributed by atoms with Crippen molar-refractivity contribution in [3.05, 3.63) is 34.3 Å². The quantitative estimate of drug-likeness (QED) is 0.772. The molecule has 1 heterocycles. The van der Waals surface area contributed by atoms with Gasteiger partial charge < -0.3 is 5.32 Å². The van der Waals surface area contributed by atoms with Gasteiger partial charge in [-0.1, -0.05) is 41.9 Å². The van der Waals surface area contributed by atoms with Crippen LogP contribution in [0.25, 0.3) is 0 Å². The molecular formula is C15H22BrN3O. The monoisotopic (exact) mass is 339 g/mol. The Morgan fingerprint density at radius 1 is 1.35 bits per heavy atom. The van der Waals surface area contributed by atoms with E-state index in [1.807, 2.05) is 12.1 Å². The number of hydrogen-bond donors (Lipinski definition) is 3. The zero-order chi connectivity index (χ0) is 14.5. The SMILES string of the molecule is CC(C)CCNC(=O)C1CC(c2ccc(Br)cc2)NN1. The van der Waals surface area contributed by atoms with Crippen molar-refractivity contribution in [1.29, 1.82) is 0 Å². The minimum atomic E-state index is -0.157. The van der Waals surface area contributed by atoms with Crippen LogP contribution in [0.1, 0.15) is 38.3 Å². The summed E-state index contributed by atoms with van der Waals surface area (Å²) in [7, 11) is 0. The summed E-state index contributed by atoms with van der Waals surface area (Å²) in [5.74, 6) is 0.693. The highest BCUT2D eigenvalue weighted by Crippen LogP contribution is 2.23. The first-order valence-corrected chi connectivity index (χ1v) is 7.90. The lowest BCUT2D eigenvalue weighted by molar-refractivity contribution is -0.122. The van der Waals surface area contributed by atoms with Gasteiger partial charge in [0.2, 0.25) is 5.91 Å². The molecule has 2 rings (SSSR count). The van der Waals surface area contributed by atoms with E-state index in [-0.39, 0.29) is 18.0 Å².